The Balaban J connectivity index is 2.31. The summed E-state index contributed by atoms with van der Waals surface area (Å²) in [4.78, 5) is 15.0. The number of carbonyl (C=O) groups is 1. The highest BCUT2D eigenvalue weighted by atomic mass is 16.5. The van der Waals surface area contributed by atoms with Crippen molar-refractivity contribution in [1.82, 2.24) is 10.3 Å². The summed E-state index contributed by atoms with van der Waals surface area (Å²) >= 11 is 0. The molecule has 0 bridgehead atoms. The number of amides is 1. The van der Waals surface area contributed by atoms with Gasteiger partial charge in [-0.3, -0.25) is 0 Å². The van der Waals surface area contributed by atoms with E-state index in [1.54, 1.807) is 24.5 Å². The van der Waals surface area contributed by atoms with Gasteiger partial charge in [0.2, 0.25) is 5.89 Å². The second-order valence-electron chi connectivity index (χ2n) is 3.64. The van der Waals surface area contributed by atoms with Gasteiger partial charge in [0.1, 0.15) is 6.26 Å². The number of aliphatic hydroxyl groups excluding tert-OH is 1. The molecule has 0 aliphatic carbocycles. The summed E-state index contributed by atoms with van der Waals surface area (Å²) in [5.41, 5.74) is 0.850. The predicted octanol–water partition coefficient (Wildman–Crippen LogP) is 1.52. The zero-order valence-corrected chi connectivity index (χ0v) is 10.8. The van der Waals surface area contributed by atoms with Crippen LogP contribution in [0.4, 0.5) is 4.79 Å². The lowest BCUT2D eigenvalue weighted by molar-refractivity contribution is 0.172. The minimum absolute atomic E-state index is 0.0556. The Morgan fingerprint density at radius 1 is 1.53 bits per heavy atom. The van der Waals surface area contributed by atoms with Crippen LogP contribution in [0.25, 0.3) is 6.08 Å². The maximum absolute atomic E-state index is 10.8. The van der Waals surface area contributed by atoms with Crippen molar-refractivity contribution in [2.24, 2.45) is 0 Å². The number of oxazole rings is 1. The number of nitrogens with one attached hydrogen (secondary N) is 1. The molecule has 6 nitrogen and oxygen atoms in total. The number of hydrogen-bond acceptors (Lipinski definition) is 5. The van der Waals surface area contributed by atoms with Crippen LogP contribution in [-0.4, -0.2) is 36.4 Å². The van der Waals surface area contributed by atoms with Gasteiger partial charge in [-0.05, 0) is 18.9 Å². The number of allylic oxidation sites excluding steroid dienone is 1. The lowest BCUT2D eigenvalue weighted by Gasteiger charge is -1.97. The Hall–Kier alpha value is -2.08. The number of hydrogen-bond donors (Lipinski definition) is 2. The molecule has 1 aromatic heterocycles. The summed E-state index contributed by atoms with van der Waals surface area (Å²) in [7, 11) is 1.31. The standard InChI is InChI=1S/C13H18N2O4/c1-18-13(17)14-8-5-7-12-15-11(10-19-12)6-3-2-4-9-16/h2,4-5,7,10,16H,3,6,8-9H2,1H3,(H,14,17)/b4-2-,7-5-. The van der Waals surface area contributed by atoms with E-state index in [0.29, 0.717) is 12.4 Å². The number of rotatable bonds is 7. The second-order valence-corrected chi connectivity index (χ2v) is 3.64. The number of aromatic nitrogens is 1. The number of aryl methyl sites for hydroxylation is 1. The van der Waals surface area contributed by atoms with Crippen LogP contribution in [-0.2, 0) is 11.2 Å². The number of nitrogens with zero attached hydrogens (tertiary/aromatic N) is 1. The van der Waals surface area contributed by atoms with Crippen molar-refractivity contribution in [3.63, 3.8) is 0 Å². The quantitative estimate of drug-likeness (QED) is 0.731. The van der Waals surface area contributed by atoms with Crippen molar-refractivity contribution < 1.29 is 19.1 Å². The summed E-state index contributed by atoms with van der Waals surface area (Å²) in [5, 5.41) is 11.1. The Morgan fingerprint density at radius 3 is 3.11 bits per heavy atom. The second kappa shape index (κ2) is 8.93. The van der Waals surface area contributed by atoms with Gasteiger partial charge in [-0.2, -0.15) is 0 Å². The molecule has 1 aromatic rings. The third-order valence-electron chi connectivity index (χ3n) is 2.22. The van der Waals surface area contributed by atoms with E-state index in [1.807, 2.05) is 6.08 Å². The number of carbonyl (C=O) groups excluding carboxylic acids is 1. The van der Waals surface area contributed by atoms with Crippen LogP contribution in [0.2, 0.25) is 0 Å². The lowest BCUT2D eigenvalue weighted by Crippen LogP contribution is -2.22. The number of methoxy groups -OCH3 is 1. The molecule has 0 radical (unpaired) electrons. The fourth-order valence-corrected chi connectivity index (χ4v) is 1.31. The van der Waals surface area contributed by atoms with Crippen LogP contribution in [0.15, 0.2) is 28.9 Å². The molecule has 0 aliphatic heterocycles. The molecule has 0 unspecified atom stereocenters. The van der Waals surface area contributed by atoms with Crippen LogP contribution in [0.5, 0.6) is 0 Å². The SMILES string of the molecule is COC(=O)NC/C=C\c1nc(CC/C=C\CO)co1. The third kappa shape index (κ3) is 6.42. The van der Waals surface area contributed by atoms with E-state index in [0.717, 1.165) is 18.5 Å². The molecule has 1 amide bonds. The maximum atomic E-state index is 10.8. The van der Waals surface area contributed by atoms with Crippen molar-refractivity contribution in [3.05, 3.63) is 36.1 Å². The average Bonchev–Trinajstić information content (AvgIpc) is 2.87. The van der Waals surface area contributed by atoms with E-state index in [1.165, 1.54) is 7.11 Å². The zero-order chi connectivity index (χ0) is 13.9. The highest BCUT2D eigenvalue weighted by Crippen LogP contribution is 2.06. The summed E-state index contributed by atoms with van der Waals surface area (Å²) in [5.74, 6) is 0.493. The molecule has 0 spiro atoms. The normalized spacial score (nSPS) is 11.3. The van der Waals surface area contributed by atoms with E-state index < -0.39 is 6.09 Å². The smallest absolute Gasteiger partial charge is 0.407 e. The van der Waals surface area contributed by atoms with Gasteiger partial charge in [0.05, 0.1) is 19.4 Å². The Labute approximate surface area is 111 Å². The van der Waals surface area contributed by atoms with Gasteiger partial charge in [0.25, 0.3) is 0 Å². The van der Waals surface area contributed by atoms with Gasteiger partial charge >= 0.3 is 6.09 Å². The van der Waals surface area contributed by atoms with E-state index in [9.17, 15) is 4.79 Å². The number of alkyl carbamates (subject to hydrolysis) is 1. The monoisotopic (exact) mass is 266 g/mol. The molecule has 0 fully saturated rings. The highest BCUT2D eigenvalue weighted by Gasteiger charge is 2.00. The van der Waals surface area contributed by atoms with Crippen molar-refractivity contribution in [1.29, 1.82) is 0 Å². The molecule has 0 saturated heterocycles. The third-order valence-corrected chi connectivity index (χ3v) is 2.22. The Bertz CT molecular complexity index is 438. The molecule has 0 aliphatic rings. The Kier molecular flexibility index (Phi) is 7.04. The molecular formula is C13H18N2O4. The minimum atomic E-state index is -0.478. The molecular weight excluding hydrogens is 248 g/mol. The van der Waals surface area contributed by atoms with Crippen LogP contribution in [0.1, 0.15) is 18.0 Å². The van der Waals surface area contributed by atoms with Crippen molar-refractivity contribution in [2.75, 3.05) is 20.3 Å². The summed E-state index contributed by atoms with van der Waals surface area (Å²) in [6.45, 7) is 0.406. The van der Waals surface area contributed by atoms with Crippen molar-refractivity contribution in [2.45, 2.75) is 12.8 Å². The van der Waals surface area contributed by atoms with Crippen LogP contribution < -0.4 is 5.32 Å². The van der Waals surface area contributed by atoms with Gasteiger partial charge in [0, 0.05) is 6.54 Å². The molecule has 0 atom stereocenters. The number of aliphatic hydroxyl groups is 1. The minimum Gasteiger partial charge on any atom is -0.453 e. The first-order valence-electron chi connectivity index (χ1n) is 5.95. The van der Waals surface area contributed by atoms with Gasteiger partial charge < -0.3 is 19.6 Å². The van der Waals surface area contributed by atoms with Gasteiger partial charge in [0.15, 0.2) is 0 Å². The Morgan fingerprint density at radius 2 is 2.37 bits per heavy atom. The fourth-order valence-electron chi connectivity index (χ4n) is 1.31. The largest absolute Gasteiger partial charge is 0.453 e. The summed E-state index contributed by atoms with van der Waals surface area (Å²) in [6.07, 6.45) is 9.67. The van der Waals surface area contributed by atoms with E-state index in [2.05, 4.69) is 15.0 Å². The molecule has 19 heavy (non-hydrogen) atoms. The van der Waals surface area contributed by atoms with Crippen molar-refractivity contribution in [3.8, 4) is 0 Å². The summed E-state index contributed by atoms with van der Waals surface area (Å²) < 4.78 is 9.66. The molecule has 104 valence electrons. The first-order valence-corrected chi connectivity index (χ1v) is 5.95. The molecule has 6 heteroatoms. The molecule has 1 heterocycles. The molecule has 0 aromatic carbocycles. The fraction of sp³-hybridized carbons (Fsp3) is 0.385. The van der Waals surface area contributed by atoms with Crippen LogP contribution in [0, 0.1) is 0 Å². The first-order chi connectivity index (χ1) is 9.26. The van der Waals surface area contributed by atoms with E-state index in [4.69, 9.17) is 9.52 Å². The predicted molar refractivity (Wildman–Crippen MR) is 70.5 cm³/mol. The van der Waals surface area contributed by atoms with Gasteiger partial charge in [-0.15, -0.1) is 0 Å². The average molecular weight is 266 g/mol. The topological polar surface area (TPSA) is 84.6 Å². The van der Waals surface area contributed by atoms with Gasteiger partial charge in [-0.1, -0.05) is 18.2 Å². The lowest BCUT2D eigenvalue weighted by atomic mass is 10.2. The summed E-state index contributed by atoms with van der Waals surface area (Å²) in [6, 6.07) is 0. The van der Waals surface area contributed by atoms with E-state index in [-0.39, 0.29) is 6.61 Å². The van der Waals surface area contributed by atoms with Crippen LogP contribution >= 0.6 is 0 Å². The highest BCUT2D eigenvalue weighted by molar-refractivity contribution is 5.67. The van der Waals surface area contributed by atoms with Gasteiger partial charge in [-0.25, -0.2) is 9.78 Å². The van der Waals surface area contributed by atoms with Crippen molar-refractivity contribution >= 4 is 12.2 Å². The first kappa shape index (κ1) is 15.0. The maximum Gasteiger partial charge on any atom is 0.407 e. The molecule has 1 rings (SSSR count). The number of ether oxygens (including phenoxy) is 1. The molecule has 0 saturated carbocycles. The zero-order valence-electron chi connectivity index (χ0n) is 10.8. The van der Waals surface area contributed by atoms with E-state index >= 15 is 0 Å². The molecule has 2 N–H and O–H groups in total. The van der Waals surface area contributed by atoms with Crippen LogP contribution in [0.3, 0.4) is 0 Å².